The molecule has 3 rings (SSSR count). The number of aryl methyl sites for hydroxylation is 1. The first-order valence-corrected chi connectivity index (χ1v) is 10.7. The van der Waals surface area contributed by atoms with Crippen LogP contribution in [0.3, 0.4) is 0 Å². The van der Waals surface area contributed by atoms with Crippen molar-refractivity contribution in [1.29, 1.82) is 0 Å². The first-order chi connectivity index (χ1) is 12.7. The van der Waals surface area contributed by atoms with Gasteiger partial charge in [-0.3, -0.25) is 9.48 Å². The van der Waals surface area contributed by atoms with Gasteiger partial charge in [0.15, 0.2) is 27.4 Å². The molecule has 27 heavy (non-hydrogen) atoms. The molecule has 0 N–H and O–H groups in total. The summed E-state index contributed by atoms with van der Waals surface area (Å²) in [5.41, 5.74) is 0.484. The molecule has 0 unspecified atom stereocenters. The number of hydrogen-bond donors (Lipinski definition) is 0. The van der Waals surface area contributed by atoms with Crippen molar-refractivity contribution >= 4 is 27.3 Å². The first kappa shape index (κ1) is 19.5. The summed E-state index contributed by atoms with van der Waals surface area (Å²) in [4.78, 5) is 14.0. The number of nitrogens with zero attached hydrogens (tertiary/aromatic N) is 3. The highest BCUT2D eigenvalue weighted by Gasteiger charge is 2.28. The van der Waals surface area contributed by atoms with Gasteiger partial charge in [0.2, 0.25) is 5.91 Å². The van der Waals surface area contributed by atoms with Crippen molar-refractivity contribution in [2.75, 3.05) is 25.2 Å². The minimum absolute atomic E-state index is 0.0789. The zero-order valence-electron chi connectivity index (χ0n) is 15.0. The first-order valence-electron chi connectivity index (χ1n) is 8.23. The Kier molecular flexibility index (Phi) is 5.61. The van der Waals surface area contributed by atoms with E-state index < -0.39 is 27.6 Å². The van der Waals surface area contributed by atoms with Crippen LogP contribution < -0.4 is 9.47 Å². The van der Waals surface area contributed by atoms with E-state index in [1.54, 1.807) is 25.4 Å². The maximum atomic E-state index is 12.6. The average Bonchev–Trinajstić information content (AvgIpc) is 2.90. The van der Waals surface area contributed by atoms with Gasteiger partial charge in [-0.2, -0.15) is 5.10 Å². The molecular formula is C17H20ClN3O5S. The van der Waals surface area contributed by atoms with Gasteiger partial charge in [0.25, 0.3) is 0 Å². The van der Waals surface area contributed by atoms with E-state index in [0.29, 0.717) is 22.2 Å². The van der Waals surface area contributed by atoms with Crippen molar-refractivity contribution in [1.82, 2.24) is 14.7 Å². The van der Waals surface area contributed by atoms with E-state index in [1.165, 1.54) is 9.58 Å². The van der Waals surface area contributed by atoms with Crippen molar-refractivity contribution in [2.45, 2.75) is 12.6 Å². The van der Waals surface area contributed by atoms with Crippen molar-refractivity contribution in [3.05, 3.63) is 41.2 Å². The van der Waals surface area contributed by atoms with Crippen LogP contribution in [0, 0.1) is 0 Å². The highest BCUT2D eigenvalue weighted by atomic mass is 35.5. The number of halogens is 1. The van der Waals surface area contributed by atoms with Gasteiger partial charge in [-0.1, -0.05) is 23.7 Å². The molecule has 0 aliphatic carbocycles. The lowest BCUT2D eigenvalue weighted by Crippen LogP contribution is -2.45. The van der Waals surface area contributed by atoms with Crippen LogP contribution in [0.1, 0.15) is 5.69 Å². The Bertz CT molecular complexity index is 944. The minimum atomic E-state index is -3.48. The van der Waals surface area contributed by atoms with Gasteiger partial charge < -0.3 is 14.4 Å². The normalized spacial score (nSPS) is 16.2. The van der Waals surface area contributed by atoms with Crippen molar-refractivity contribution in [2.24, 2.45) is 7.05 Å². The van der Waals surface area contributed by atoms with Gasteiger partial charge in [-0.15, -0.1) is 0 Å². The summed E-state index contributed by atoms with van der Waals surface area (Å²) in [5.74, 6) is 0.0825. The lowest BCUT2D eigenvalue weighted by atomic mass is 10.2. The molecule has 0 saturated heterocycles. The van der Waals surface area contributed by atoms with Crippen molar-refractivity contribution in [3.8, 4) is 11.5 Å². The third kappa shape index (κ3) is 5.14. The molecule has 8 nitrogen and oxygen atoms in total. The van der Waals surface area contributed by atoms with Gasteiger partial charge >= 0.3 is 0 Å². The second-order valence-electron chi connectivity index (χ2n) is 6.44. The van der Waals surface area contributed by atoms with Gasteiger partial charge in [0, 0.05) is 19.5 Å². The monoisotopic (exact) mass is 413 g/mol. The maximum Gasteiger partial charge on any atom is 0.238 e. The van der Waals surface area contributed by atoms with E-state index in [1.807, 2.05) is 12.1 Å². The third-order valence-corrected chi connectivity index (χ3v) is 5.01. The van der Waals surface area contributed by atoms with Crippen LogP contribution in [0.2, 0.25) is 5.02 Å². The van der Waals surface area contributed by atoms with Crippen molar-refractivity contribution < 1.29 is 22.7 Å². The predicted molar refractivity (Wildman–Crippen MR) is 99.7 cm³/mol. The molecule has 1 aliphatic rings. The Balaban J connectivity index is 1.77. The third-order valence-electron chi connectivity index (χ3n) is 3.92. The molecule has 0 spiro atoms. The van der Waals surface area contributed by atoms with Gasteiger partial charge in [0.1, 0.15) is 18.1 Å². The Hall–Kier alpha value is -2.26. The fourth-order valence-electron chi connectivity index (χ4n) is 2.76. The molecule has 0 saturated carbocycles. The average molecular weight is 414 g/mol. The highest BCUT2D eigenvalue weighted by Crippen LogP contribution is 2.31. The van der Waals surface area contributed by atoms with E-state index >= 15 is 0 Å². The number of amides is 1. The molecule has 146 valence electrons. The number of carbonyl (C=O) groups excluding carboxylic acids is 1. The number of carbonyl (C=O) groups is 1. The summed E-state index contributed by atoms with van der Waals surface area (Å²) in [5, 5.41) is 4.63. The molecule has 0 bridgehead atoms. The molecule has 2 aromatic rings. The number of hydrogen-bond acceptors (Lipinski definition) is 6. The lowest BCUT2D eigenvalue weighted by molar-refractivity contribution is -0.130. The van der Waals surface area contributed by atoms with E-state index in [0.717, 1.165) is 6.26 Å². The molecule has 1 aromatic heterocycles. The Labute approximate surface area is 162 Å². The molecule has 1 atom stereocenters. The number of ether oxygens (including phenoxy) is 2. The van der Waals surface area contributed by atoms with E-state index in [2.05, 4.69) is 5.10 Å². The van der Waals surface area contributed by atoms with Crippen LogP contribution in [0.4, 0.5) is 0 Å². The molecule has 1 aromatic carbocycles. The SMILES string of the molecule is Cn1cc(Cl)c(CN(C[C@@H]2COc3ccccc3O2)C(=O)CS(C)(=O)=O)n1. The number of fused-ring (bicyclic) bond motifs is 1. The summed E-state index contributed by atoms with van der Waals surface area (Å²) < 4.78 is 36.2. The molecule has 0 fully saturated rings. The maximum absolute atomic E-state index is 12.6. The Morgan fingerprint density at radius 3 is 2.70 bits per heavy atom. The Morgan fingerprint density at radius 1 is 1.37 bits per heavy atom. The van der Waals surface area contributed by atoms with Crippen LogP contribution in [0.5, 0.6) is 11.5 Å². The number of aromatic nitrogens is 2. The zero-order chi connectivity index (χ0) is 19.6. The molecule has 1 aliphatic heterocycles. The van der Waals surface area contributed by atoms with E-state index in [-0.39, 0.29) is 19.7 Å². The second kappa shape index (κ2) is 7.77. The van der Waals surface area contributed by atoms with Gasteiger partial charge in [-0.25, -0.2) is 8.42 Å². The van der Waals surface area contributed by atoms with Crippen molar-refractivity contribution in [3.63, 3.8) is 0 Å². The molecule has 0 radical (unpaired) electrons. The molecule has 10 heteroatoms. The van der Waals surface area contributed by atoms with Gasteiger partial charge in [-0.05, 0) is 12.1 Å². The summed E-state index contributed by atoms with van der Waals surface area (Å²) in [6, 6.07) is 7.24. The zero-order valence-corrected chi connectivity index (χ0v) is 16.5. The fourth-order valence-corrected chi connectivity index (χ4v) is 3.63. The van der Waals surface area contributed by atoms with Crippen LogP contribution in [0.15, 0.2) is 30.5 Å². The number of benzene rings is 1. The minimum Gasteiger partial charge on any atom is -0.486 e. The standard InChI is InChI=1S/C17H20ClN3O5S/c1-20-8-13(18)14(19-20)9-21(17(22)11-27(2,23)24)7-12-10-25-15-5-3-4-6-16(15)26-12/h3-6,8,12H,7,9-11H2,1-2H3/t12-/m1/s1. The number of rotatable bonds is 6. The van der Waals surface area contributed by atoms with Crippen LogP contribution in [0.25, 0.3) is 0 Å². The van der Waals surface area contributed by atoms with E-state index in [9.17, 15) is 13.2 Å². The van der Waals surface area contributed by atoms with Crippen LogP contribution in [-0.4, -0.2) is 60.3 Å². The predicted octanol–water partition coefficient (Wildman–Crippen LogP) is 1.29. The smallest absolute Gasteiger partial charge is 0.238 e. The second-order valence-corrected chi connectivity index (χ2v) is 8.99. The molecular weight excluding hydrogens is 394 g/mol. The van der Waals surface area contributed by atoms with Gasteiger partial charge in [0.05, 0.1) is 18.1 Å². The topological polar surface area (TPSA) is 90.7 Å². The summed E-state index contributed by atoms with van der Waals surface area (Å²) in [6.07, 6.45) is 2.20. The molecule has 2 heterocycles. The quantitative estimate of drug-likeness (QED) is 0.708. The summed E-state index contributed by atoms with van der Waals surface area (Å²) in [6.45, 7) is 0.473. The number of para-hydroxylation sites is 2. The largest absolute Gasteiger partial charge is 0.486 e. The summed E-state index contributed by atoms with van der Waals surface area (Å²) >= 11 is 6.14. The van der Waals surface area contributed by atoms with Crippen LogP contribution >= 0.6 is 11.6 Å². The lowest BCUT2D eigenvalue weighted by Gasteiger charge is -2.31. The van der Waals surface area contributed by atoms with E-state index in [4.69, 9.17) is 21.1 Å². The number of sulfone groups is 1. The van der Waals surface area contributed by atoms with Crippen LogP contribution in [-0.2, 0) is 28.2 Å². The Morgan fingerprint density at radius 2 is 2.07 bits per heavy atom. The molecule has 1 amide bonds. The highest BCUT2D eigenvalue weighted by molar-refractivity contribution is 7.91. The fraction of sp³-hybridized carbons (Fsp3) is 0.412. The summed E-state index contributed by atoms with van der Waals surface area (Å²) in [7, 11) is -1.76.